The summed E-state index contributed by atoms with van der Waals surface area (Å²) in [4.78, 5) is 19.6. The van der Waals surface area contributed by atoms with Gasteiger partial charge < -0.3 is 9.32 Å². The van der Waals surface area contributed by atoms with E-state index in [0.29, 0.717) is 19.0 Å². The third kappa shape index (κ3) is 3.10. The van der Waals surface area contributed by atoms with E-state index in [0.717, 1.165) is 47.9 Å². The molecule has 25 heavy (non-hydrogen) atoms. The first-order valence-electron chi connectivity index (χ1n) is 9.44. The van der Waals surface area contributed by atoms with Crippen molar-refractivity contribution in [1.29, 1.82) is 0 Å². The van der Waals surface area contributed by atoms with Gasteiger partial charge in [0.05, 0.1) is 24.0 Å². The van der Waals surface area contributed by atoms with Crippen LogP contribution in [0.2, 0.25) is 0 Å². The minimum atomic E-state index is 0.0640. The second-order valence-corrected chi connectivity index (χ2v) is 7.59. The number of aromatic amines is 1. The van der Waals surface area contributed by atoms with Crippen molar-refractivity contribution >= 4 is 5.91 Å². The largest absolute Gasteiger partial charge is 0.445 e. The fourth-order valence-electron chi connectivity index (χ4n) is 3.98. The van der Waals surface area contributed by atoms with Crippen molar-refractivity contribution < 1.29 is 9.21 Å². The highest BCUT2D eigenvalue weighted by atomic mass is 16.4. The molecule has 1 saturated carbocycles. The van der Waals surface area contributed by atoms with Crippen molar-refractivity contribution in [1.82, 2.24) is 20.1 Å². The summed E-state index contributed by atoms with van der Waals surface area (Å²) >= 11 is 0. The molecule has 0 atom stereocenters. The van der Waals surface area contributed by atoms with Crippen molar-refractivity contribution in [3.05, 3.63) is 34.8 Å². The minimum absolute atomic E-state index is 0.0640. The lowest BCUT2D eigenvalue weighted by Crippen LogP contribution is -2.36. The van der Waals surface area contributed by atoms with Gasteiger partial charge in [-0.2, -0.15) is 5.10 Å². The summed E-state index contributed by atoms with van der Waals surface area (Å²) in [7, 11) is 0. The minimum Gasteiger partial charge on any atom is -0.445 e. The fraction of sp³-hybridized carbons (Fsp3) is 0.632. The Bertz CT molecular complexity index is 755. The molecule has 4 rings (SSSR count). The van der Waals surface area contributed by atoms with E-state index < -0.39 is 0 Å². The topological polar surface area (TPSA) is 75.0 Å². The van der Waals surface area contributed by atoms with E-state index in [1.54, 1.807) is 6.20 Å². The van der Waals surface area contributed by atoms with Crippen LogP contribution in [0.3, 0.4) is 0 Å². The maximum atomic E-state index is 13.1. The second kappa shape index (κ2) is 6.65. The highest BCUT2D eigenvalue weighted by molar-refractivity contribution is 5.95. The third-order valence-electron chi connectivity index (χ3n) is 5.44. The molecule has 0 unspecified atom stereocenters. The molecule has 1 aliphatic carbocycles. The van der Waals surface area contributed by atoms with Gasteiger partial charge in [-0.1, -0.05) is 33.1 Å². The number of hydrogen-bond donors (Lipinski definition) is 1. The summed E-state index contributed by atoms with van der Waals surface area (Å²) in [5, 5.41) is 7.28. The van der Waals surface area contributed by atoms with E-state index >= 15 is 0 Å². The first-order chi connectivity index (χ1) is 12.1. The maximum Gasteiger partial charge on any atom is 0.257 e. The van der Waals surface area contributed by atoms with Crippen LogP contribution in [0.25, 0.3) is 0 Å². The number of aromatic nitrogens is 3. The van der Waals surface area contributed by atoms with Gasteiger partial charge in [0.15, 0.2) is 5.89 Å². The lowest BCUT2D eigenvalue weighted by Gasteiger charge is -2.27. The number of carbonyl (C=O) groups excluding carboxylic acids is 1. The van der Waals surface area contributed by atoms with E-state index in [1.165, 1.54) is 19.3 Å². The number of nitrogens with one attached hydrogen (secondary N) is 1. The average molecular weight is 342 g/mol. The molecule has 0 radical (unpaired) electrons. The Kier molecular flexibility index (Phi) is 4.36. The average Bonchev–Trinajstić information content (AvgIpc) is 3.28. The number of carbonyl (C=O) groups is 1. The molecule has 0 aromatic carbocycles. The van der Waals surface area contributed by atoms with Crippen LogP contribution >= 0.6 is 0 Å². The zero-order valence-corrected chi connectivity index (χ0v) is 15.0. The van der Waals surface area contributed by atoms with Crippen LogP contribution in [0.1, 0.15) is 91.2 Å². The molecule has 134 valence electrons. The summed E-state index contributed by atoms with van der Waals surface area (Å²) in [6.07, 6.45) is 8.50. The van der Waals surface area contributed by atoms with Crippen LogP contribution in [-0.4, -0.2) is 32.5 Å². The Morgan fingerprint density at radius 1 is 1.32 bits per heavy atom. The van der Waals surface area contributed by atoms with Crippen LogP contribution in [-0.2, 0) is 13.0 Å². The van der Waals surface area contributed by atoms with Crippen molar-refractivity contribution in [2.75, 3.05) is 6.54 Å². The van der Waals surface area contributed by atoms with Crippen LogP contribution in [0, 0.1) is 0 Å². The zero-order chi connectivity index (χ0) is 17.4. The molecule has 2 aliphatic rings. The fourth-order valence-corrected chi connectivity index (χ4v) is 3.98. The summed E-state index contributed by atoms with van der Waals surface area (Å²) in [6.45, 7) is 5.35. The molecule has 1 fully saturated rings. The third-order valence-corrected chi connectivity index (χ3v) is 5.44. The number of oxazole rings is 1. The van der Waals surface area contributed by atoms with Crippen LogP contribution in [0.4, 0.5) is 0 Å². The van der Waals surface area contributed by atoms with Crippen molar-refractivity contribution in [2.24, 2.45) is 0 Å². The van der Waals surface area contributed by atoms with Crippen molar-refractivity contribution in [3.8, 4) is 0 Å². The van der Waals surface area contributed by atoms with Crippen LogP contribution in [0.15, 0.2) is 10.6 Å². The van der Waals surface area contributed by atoms with Gasteiger partial charge in [0.1, 0.15) is 11.5 Å². The van der Waals surface area contributed by atoms with Gasteiger partial charge >= 0.3 is 0 Å². The summed E-state index contributed by atoms with van der Waals surface area (Å²) < 4.78 is 5.84. The molecule has 6 heteroatoms. The smallest absolute Gasteiger partial charge is 0.257 e. The molecule has 0 spiro atoms. The Hall–Kier alpha value is -2.11. The normalized spacial score (nSPS) is 18.6. The predicted octanol–water partition coefficient (Wildman–Crippen LogP) is 3.77. The zero-order valence-electron chi connectivity index (χ0n) is 15.0. The molecule has 0 bridgehead atoms. The van der Waals surface area contributed by atoms with Gasteiger partial charge in [-0.05, 0) is 12.8 Å². The monoisotopic (exact) mass is 342 g/mol. The van der Waals surface area contributed by atoms with E-state index in [1.807, 2.05) is 4.90 Å². The van der Waals surface area contributed by atoms with E-state index in [-0.39, 0.29) is 11.8 Å². The molecule has 0 saturated heterocycles. The summed E-state index contributed by atoms with van der Waals surface area (Å²) in [6, 6.07) is 0. The van der Waals surface area contributed by atoms with E-state index in [2.05, 4.69) is 29.0 Å². The Morgan fingerprint density at radius 3 is 2.88 bits per heavy atom. The van der Waals surface area contributed by atoms with Crippen LogP contribution < -0.4 is 0 Å². The maximum absolute atomic E-state index is 13.1. The summed E-state index contributed by atoms with van der Waals surface area (Å²) in [5.41, 5.74) is 2.67. The van der Waals surface area contributed by atoms with Gasteiger partial charge in [0.25, 0.3) is 5.91 Å². The number of amides is 1. The van der Waals surface area contributed by atoms with Gasteiger partial charge in [0, 0.05) is 24.8 Å². The molecule has 2 aromatic heterocycles. The second-order valence-electron chi connectivity index (χ2n) is 7.59. The molecule has 6 nitrogen and oxygen atoms in total. The number of hydrogen-bond acceptors (Lipinski definition) is 4. The highest BCUT2D eigenvalue weighted by Crippen LogP contribution is 2.34. The van der Waals surface area contributed by atoms with Crippen LogP contribution in [0.5, 0.6) is 0 Å². The lowest BCUT2D eigenvalue weighted by molar-refractivity contribution is 0.0726. The Labute approximate surface area is 148 Å². The first-order valence-corrected chi connectivity index (χ1v) is 9.44. The van der Waals surface area contributed by atoms with Gasteiger partial charge in [0.2, 0.25) is 0 Å². The first kappa shape index (κ1) is 16.4. The molecule has 3 heterocycles. The highest BCUT2D eigenvalue weighted by Gasteiger charge is 2.30. The number of rotatable bonds is 3. The molecular formula is C19H26N4O2. The Morgan fingerprint density at radius 2 is 2.12 bits per heavy atom. The van der Waals surface area contributed by atoms with Gasteiger partial charge in [-0.25, -0.2) is 4.98 Å². The quantitative estimate of drug-likeness (QED) is 0.921. The molecule has 1 amide bonds. The van der Waals surface area contributed by atoms with Gasteiger partial charge in [-0.3, -0.25) is 9.89 Å². The molecule has 2 aromatic rings. The van der Waals surface area contributed by atoms with E-state index in [4.69, 9.17) is 4.42 Å². The molecular weight excluding hydrogens is 316 g/mol. The van der Waals surface area contributed by atoms with E-state index in [9.17, 15) is 4.79 Å². The number of H-pyrrole nitrogens is 1. The SMILES string of the molecule is CC(C)c1nc2c(o1)CCN(C(=O)c1cn[nH]c1C1CCCCC1)C2. The lowest BCUT2D eigenvalue weighted by atomic mass is 9.85. The number of nitrogens with zero attached hydrogens (tertiary/aromatic N) is 3. The Balaban J connectivity index is 1.53. The number of fused-ring (bicyclic) bond motifs is 1. The molecule has 1 aliphatic heterocycles. The standard InChI is InChI=1S/C19H26N4O2/c1-12(2)18-21-15-11-23(9-8-16(15)25-18)19(24)14-10-20-22-17(14)13-6-4-3-5-7-13/h10,12-13H,3-9,11H2,1-2H3,(H,20,22). The van der Waals surface area contributed by atoms with Gasteiger partial charge in [-0.15, -0.1) is 0 Å². The predicted molar refractivity (Wildman–Crippen MR) is 93.5 cm³/mol. The summed E-state index contributed by atoms with van der Waals surface area (Å²) in [5.74, 6) is 2.48. The molecule has 1 N–H and O–H groups in total. The van der Waals surface area contributed by atoms with Crippen molar-refractivity contribution in [3.63, 3.8) is 0 Å². The van der Waals surface area contributed by atoms with Crippen molar-refractivity contribution in [2.45, 2.75) is 70.8 Å².